The summed E-state index contributed by atoms with van der Waals surface area (Å²) in [7, 11) is -4.53. The highest BCUT2D eigenvalue weighted by Gasteiger charge is 2.26. The van der Waals surface area contributed by atoms with Crippen molar-refractivity contribution in [3.05, 3.63) is 60.2 Å². The Morgan fingerprint density at radius 1 is 0.893 bits per heavy atom. The molecule has 0 amide bonds. The topological polar surface area (TPSA) is 49.9 Å². The third kappa shape index (κ3) is 5.50. The van der Waals surface area contributed by atoms with Crippen molar-refractivity contribution in [3.63, 3.8) is 0 Å². The van der Waals surface area contributed by atoms with E-state index in [4.69, 9.17) is 4.74 Å². The molecule has 2 aromatic carbocycles. The molecule has 1 aliphatic rings. The van der Waals surface area contributed by atoms with Crippen LogP contribution < -0.4 is 4.74 Å². The smallest absolute Gasteiger partial charge is 0.341 e. The molecule has 1 aliphatic heterocycles. The number of benzene rings is 2. The molecule has 28 heavy (non-hydrogen) atoms. The number of alkyl halides is 2. The molecule has 0 N–H and O–H groups in total. The van der Waals surface area contributed by atoms with Crippen LogP contribution in [0, 0.1) is 0 Å². The van der Waals surface area contributed by atoms with E-state index in [2.05, 4.69) is 9.80 Å². The molecule has 0 aromatic heterocycles. The first-order valence-corrected chi connectivity index (χ1v) is 10.7. The second-order valence-corrected chi connectivity index (χ2v) is 8.65. The van der Waals surface area contributed by atoms with Gasteiger partial charge in [-0.3, -0.25) is 9.80 Å². The van der Waals surface area contributed by atoms with E-state index in [9.17, 15) is 17.2 Å². The summed E-state index contributed by atoms with van der Waals surface area (Å²) >= 11 is 0. The summed E-state index contributed by atoms with van der Waals surface area (Å²) in [6, 6.07) is 15.5. The molecule has 2 aromatic rings. The van der Waals surface area contributed by atoms with E-state index in [1.165, 1.54) is 12.1 Å². The van der Waals surface area contributed by atoms with Crippen LogP contribution in [0.25, 0.3) is 0 Å². The lowest BCUT2D eigenvalue weighted by Crippen LogP contribution is -2.47. The number of para-hydroxylation sites is 1. The Kier molecular flexibility index (Phi) is 6.98. The molecule has 5 nitrogen and oxygen atoms in total. The number of sulfone groups is 1. The molecular formula is C20H24F2N2O3S. The van der Waals surface area contributed by atoms with E-state index >= 15 is 0 Å². The van der Waals surface area contributed by atoms with Gasteiger partial charge in [0.05, 0.1) is 4.90 Å². The molecule has 1 heterocycles. The highest BCUT2D eigenvalue weighted by Crippen LogP contribution is 2.19. The van der Waals surface area contributed by atoms with Crippen LogP contribution in [-0.2, 0) is 16.4 Å². The van der Waals surface area contributed by atoms with Gasteiger partial charge in [0.25, 0.3) is 0 Å². The first-order valence-electron chi connectivity index (χ1n) is 9.19. The largest absolute Gasteiger partial charge is 0.492 e. The van der Waals surface area contributed by atoms with E-state index in [1.54, 1.807) is 12.1 Å². The number of hydrogen-bond donors (Lipinski definition) is 0. The Hall–Kier alpha value is -2.03. The first kappa shape index (κ1) is 20.7. The minimum absolute atomic E-state index is 0.338. The fraction of sp³-hybridized carbons (Fsp3) is 0.400. The van der Waals surface area contributed by atoms with Gasteiger partial charge in [0.15, 0.2) is 0 Å². The number of rotatable bonds is 8. The Balaban J connectivity index is 1.42. The van der Waals surface area contributed by atoms with Crippen molar-refractivity contribution < 1.29 is 21.9 Å². The maximum Gasteiger partial charge on any atom is 0.341 e. The van der Waals surface area contributed by atoms with Crippen LogP contribution in [0.15, 0.2) is 59.5 Å². The third-order valence-corrected chi connectivity index (χ3v) is 6.18. The Labute approximate surface area is 164 Å². The Bertz CT molecular complexity index is 838. The van der Waals surface area contributed by atoms with Crippen molar-refractivity contribution in [2.45, 2.75) is 17.2 Å². The maximum atomic E-state index is 12.6. The zero-order valence-electron chi connectivity index (χ0n) is 15.5. The summed E-state index contributed by atoms with van der Waals surface area (Å²) in [5, 5.41) is 0. The predicted molar refractivity (Wildman–Crippen MR) is 103 cm³/mol. The van der Waals surface area contributed by atoms with Gasteiger partial charge in [-0.2, -0.15) is 8.78 Å². The molecule has 0 bridgehead atoms. The monoisotopic (exact) mass is 410 g/mol. The van der Waals surface area contributed by atoms with Gasteiger partial charge in [0.1, 0.15) is 12.4 Å². The quantitative estimate of drug-likeness (QED) is 0.670. The van der Waals surface area contributed by atoms with Crippen LogP contribution in [0.5, 0.6) is 5.75 Å². The Morgan fingerprint density at radius 3 is 2.11 bits per heavy atom. The van der Waals surface area contributed by atoms with E-state index in [0.717, 1.165) is 44.0 Å². The highest BCUT2D eigenvalue weighted by molar-refractivity contribution is 7.91. The summed E-state index contributed by atoms with van der Waals surface area (Å²) in [4.78, 5) is 4.28. The van der Waals surface area contributed by atoms with Gasteiger partial charge >= 0.3 is 5.76 Å². The molecule has 1 fully saturated rings. The lowest BCUT2D eigenvalue weighted by atomic mass is 10.2. The van der Waals surface area contributed by atoms with Crippen molar-refractivity contribution in [3.8, 4) is 5.75 Å². The molecule has 0 atom stereocenters. The molecule has 0 aliphatic carbocycles. The summed E-state index contributed by atoms with van der Waals surface area (Å²) in [5.41, 5.74) is 0.911. The summed E-state index contributed by atoms with van der Waals surface area (Å²) in [6.45, 7) is 5.81. The zero-order valence-corrected chi connectivity index (χ0v) is 16.3. The fourth-order valence-corrected chi connectivity index (χ4v) is 3.85. The van der Waals surface area contributed by atoms with Gasteiger partial charge in [0, 0.05) is 39.3 Å². The SMILES string of the molecule is O=S(=O)(c1ccc(CN2CCN(CCOc3ccccc3)CC2)cc1)C(F)F. The Morgan fingerprint density at radius 2 is 1.50 bits per heavy atom. The zero-order chi connectivity index (χ0) is 20.0. The van der Waals surface area contributed by atoms with Gasteiger partial charge < -0.3 is 4.74 Å². The molecule has 1 saturated heterocycles. The number of nitrogens with zero attached hydrogens (tertiary/aromatic N) is 2. The van der Waals surface area contributed by atoms with Gasteiger partial charge in [-0.05, 0) is 29.8 Å². The molecule has 152 valence electrons. The fourth-order valence-electron chi connectivity index (χ4n) is 3.13. The lowest BCUT2D eigenvalue weighted by molar-refractivity contribution is 0.112. The number of hydrogen-bond acceptors (Lipinski definition) is 5. The van der Waals surface area contributed by atoms with E-state index in [0.29, 0.717) is 13.2 Å². The van der Waals surface area contributed by atoms with Crippen LogP contribution in [0.2, 0.25) is 0 Å². The standard InChI is InChI=1S/C20H24F2N2O3S/c21-20(22)28(25,26)19-8-6-17(7-9-19)16-24-12-10-23(11-13-24)14-15-27-18-4-2-1-3-5-18/h1-9,20H,10-16H2. The van der Waals surface area contributed by atoms with Crippen LogP contribution >= 0.6 is 0 Å². The van der Waals surface area contributed by atoms with E-state index in [-0.39, 0.29) is 4.90 Å². The van der Waals surface area contributed by atoms with Crippen LogP contribution in [0.1, 0.15) is 5.56 Å². The minimum atomic E-state index is -4.53. The van der Waals surface area contributed by atoms with E-state index in [1.807, 2.05) is 30.3 Å². The minimum Gasteiger partial charge on any atom is -0.492 e. The van der Waals surface area contributed by atoms with Crippen molar-refractivity contribution in [2.75, 3.05) is 39.3 Å². The molecule has 3 rings (SSSR count). The summed E-state index contributed by atoms with van der Waals surface area (Å²) in [5.74, 6) is -2.52. The van der Waals surface area contributed by atoms with Gasteiger partial charge in [-0.15, -0.1) is 0 Å². The molecule has 0 spiro atoms. The van der Waals surface area contributed by atoms with E-state index < -0.39 is 15.6 Å². The maximum absolute atomic E-state index is 12.6. The summed E-state index contributed by atoms with van der Waals surface area (Å²) < 4.78 is 53.8. The molecule has 0 unspecified atom stereocenters. The van der Waals surface area contributed by atoms with Gasteiger partial charge in [0.2, 0.25) is 9.84 Å². The van der Waals surface area contributed by atoms with Crippen LogP contribution in [-0.4, -0.2) is 63.3 Å². The highest BCUT2D eigenvalue weighted by atomic mass is 32.2. The van der Waals surface area contributed by atoms with Gasteiger partial charge in [-0.1, -0.05) is 30.3 Å². The second-order valence-electron chi connectivity index (χ2n) is 6.73. The number of piperazine rings is 1. The lowest BCUT2D eigenvalue weighted by Gasteiger charge is -2.34. The number of ether oxygens (including phenoxy) is 1. The normalized spacial score (nSPS) is 16.4. The molecule has 0 saturated carbocycles. The summed E-state index contributed by atoms with van der Waals surface area (Å²) in [6.07, 6.45) is 0. The van der Waals surface area contributed by atoms with Crippen molar-refractivity contribution in [1.82, 2.24) is 9.80 Å². The predicted octanol–water partition coefficient (Wildman–Crippen LogP) is 2.88. The second kappa shape index (κ2) is 9.45. The van der Waals surface area contributed by atoms with Crippen LogP contribution in [0.4, 0.5) is 8.78 Å². The van der Waals surface area contributed by atoms with Crippen molar-refractivity contribution in [2.24, 2.45) is 0 Å². The third-order valence-electron chi connectivity index (χ3n) is 4.78. The average molecular weight is 410 g/mol. The molecule has 8 heteroatoms. The van der Waals surface area contributed by atoms with Crippen LogP contribution in [0.3, 0.4) is 0 Å². The molecular weight excluding hydrogens is 386 g/mol. The van der Waals surface area contributed by atoms with Crippen molar-refractivity contribution >= 4 is 9.84 Å². The average Bonchev–Trinajstić information content (AvgIpc) is 2.70. The van der Waals surface area contributed by atoms with Crippen molar-refractivity contribution in [1.29, 1.82) is 0 Å². The number of halogens is 2. The first-order chi connectivity index (χ1) is 13.4. The van der Waals surface area contributed by atoms with Gasteiger partial charge in [-0.25, -0.2) is 8.42 Å². The molecule has 0 radical (unpaired) electrons.